The van der Waals surface area contributed by atoms with Crippen LogP contribution in [0.5, 0.6) is 5.75 Å². The second-order valence-corrected chi connectivity index (χ2v) is 12.4. The van der Waals surface area contributed by atoms with Crippen LogP contribution in [0.3, 0.4) is 0 Å². The van der Waals surface area contributed by atoms with Crippen molar-refractivity contribution >= 4 is 39.1 Å². The number of benzene rings is 3. The molecule has 226 valence electrons. The fourth-order valence-corrected chi connectivity index (χ4v) is 5.86. The number of sulfonamides is 1. The van der Waals surface area contributed by atoms with Gasteiger partial charge in [0.2, 0.25) is 21.8 Å². The van der Waals surface area contributed by atoms with E-state index in [4.69, 9.17) is 16.3 Å². The summed E-state index contributed by atoms with van der Waals surface area (Å²) in [5, 5.41) is 3.30. The van der Waals surface area contributed by atoms with Gasteiger partial charge in [-0.15, -0.1) is 0 Å². The maximum absolute atomic E-state index is 13.9. The predicted octanol–water partition coefficient (Wildman–Crippen LogP) is 5.45. The number of nitrogens with zero attached hydrogens (tertiary/aromatic N) is 2. The number of unbranched alkanes of at least 4 members (excludes halogenated alkanes) is 1. The van der Waals surface area contributed by atoms with Gasteiger partial charge in [0.05, 0.1) is 24.1 Å². The zero-order valence-electron chi connectivity index (χ0n) is 24.5. The SMILES string of the molecule is CCCCNC(=O)[C@@H](Cc1ccccc1)N(Cc1ccccc1)C(=O)CCCN(c1ccc(OC)c(Cl)c1)S(C)(=O)=O. The van der Waals surface area contributed by atoms with Crippen LogP contribution in [0.4, 0.5) is 5.69 Å². The van der Waals surface area contributed by atoms with E-state index in [1.807, 2.05) is 60.7 Å². The number of nitrogens with one attached hydrogen (secondary N) is 1. The Morgan fingerprint density at radius 2 is 1.60 bits per heavy atom. The van der Waals surface area contributed by atoms with E-state index in [0.29, 0.717) is 24.4 Å². The first-order chi connectivity index (χ1) is 20.1. The monoisotopic (exact) mass is 613 g/mol. The first-order valence-electron chi connectivity index (χ1n) is 14.1. The van der Waals surface area contributed by atoms with Crippen molar-refractivity contribution in [3.63, 3.8) is 0 Å². The number of hydrogen-bond acceptors (Lipinski definition) is 5. The van der Waals surface area contributed by atoms with Crippen LogP contribution in [0, 0.1) is 0 Å². The fraction of sp³-hybridized carbons (Fsp3) is 0.375. The van der Waals surface area contributed by atoms with Crippen molar-refractivity contribution in [3.05, 3.63) is 95.0 Å². The maximum Gasteiger partial charge on any atom is 0.243 e. The lowest BCUT2D eigenvalue weighted by molar-refractivity contribution is -0.141. The largest absolute Gasteiger partial charge is 0.495 e. The number of halogens is 1. The van der Waals surface area contributed by atoms with E-state index in [1.165, 1.54) is 17.5 Å². The van der Waals surface area contributed by atoms with Gasteiger partial charge in [0, 0.05) is 32.5 Å². The molecule has 8 nitrogen and oxygen atoms in total. The summed E-state index contributed by atoms with van der Waals surface area (Å²) in [7, 11) is -2.18. The van der Waals surface area contributed by atoms with E-state index in [1.54, 1.807) is 17.0 Å². The molecular weight excluding hydrogens is 574 g/mol. The van der Waals surface area contributed by atoms with Crippen LogP contribution >= 0.6 is 11.6 Å². The average molecular weight is 614 g/mol. The average Bonchev–Trinajstić information content (AvgIpc) is 2.97. The van der Waals surface area contributed by atoms with Gasteiger partial charge in [-0.25, -0.2) is 8.42 Å². The van der Waals surface area contributed by atoms with Crippen molar-refractivity contribution in [2.45, 2.75) is 51.6 Å². The fourth-order valence-electron chi connectivity index (χ4n) is 4.65. The summed E-state index contributed by atoms with van der Waals surface area (Å²) in [4.78, 5) is 29.0. The lowest BCUT2D eigenvalue weighted by Gasteiger charge is -2.32. The van der Waals surface area contributed by atoms with E-state index in [0.717, 1.165) is 30.2 Å². The van der Waals surface area contributed by atoms with Crippen LogP contribution in [0.1, 0.15) is 43.7 Å². The summed E-state index contributed by atoms with van der Waals surface area (Å²) < 4.78 is 31.8. The van der Waals surface area contributed by atoms with Crippen LogP contribution in [0.15, 0.2) is 78.9 Å². The standard InChI is InChI=1S/C32H40ClN3O5S/c1-4-5-20-34-32(38)29(22-25-13-8-6-9-14-25)35(24-26-15-10-7-11-16-26)31(37)17-12-21-36(42(3,39)40)27-18-19-30(41-2)28(33)23-27/h6-11,13-16,18-19,23,29H,4-5,12,17,20-22,24H2,1-3H3,(H,34,38)/t29-/m1/s1. The Morgan fingerprint density at radius 3 is 2.17 bits per heavy atom. The van der Waals surface area contributed by atoms with E-state index < -0.39 is 16.1 Å². The first kappa shape index (κ1) is 32.9. The molecule has 0 saturated heterocycles. The van der Waals surface area contributed by atoms with Crippen LogP contribution < -0.4 is 14.4 Å². The summed E-state index contributed by atoms with van der Waals surface area (Å²) in [6, 6.07) is 23.2. The molecule has 42 heavy (non-hydrogen) atoms. The molecule has 0 bridgehead atoms. The molecule has 3 aromatic carbocycles. The van der Waals surface area contributed by atoms with Gasteiger partial charge < -0.3 is 15.0 Å². The van der Waals surface area contributed by atoms with E-state index in [-0.39, 0.29) is 42.8 Å². The number of carbonyl (C=O) groups is 2. The summed E-state index contributed by atoms with van der Waals surface area (Å²) in [5.41, 5.74) is 2.23. The molecule has 0 radical (unpaired) electrons. The highest BCUT2D eigenvalue weighted by Crippen LogP contribution is 2.30. The minimum absolute atomic E-state index is 0.0519. The topological polar surface area (TPSA) is 96.0 Å². The van der Waals surface area contributed by atoms with Crippen LogP contribution in [-0.4, -0.2) is 57.6 Å². The Balaban J connectivity index is 1.85. The number of hydrogen-bond donors (Lipinski definition) is 1. The number of anilines is 1. The number of ether oxygens (including phenoxy) is 1. The van der Waals surface area contributed by atoms with Gasteiger partial charge in [-0.2, -0.15) is 0 Å². The zero-order valence-corrected chi connectivity index (χ0v) is 26.0. The molecule has 1 N–H and O–H groups in total. The van der Waals surface area contributed by atoms with Crippen molar-refractivity contribution in [1.29, 1.82) is 0 Å². The van der Waals surface area contributed by atoms with Gasteiger partial charge in [-0.1, -0.05) is 85.6 Å². The third kappa shape index (κ3) is 9.77. The molecule has 10 heteroatoms. The normalized spacial score (nSPS) is 11.9. The van der Waals surface area contributed by atoms with Crippen LogP contribution in [0.25, 0.3) is 0 Å². The van der Waals surface area contributed by atoms with Crippen molar-refractivity contribution in [2.24, 2.45) is 0 Å². The minimum atomic E-state index is -3.66. The zero-order chi connectivity index (χ0) is 30.5. The van der Waals surface area contributed by atoms with Crippen molar-refractivity contribution in [2.75, 3.05) is 30.8 Å². The molecule has 0 heterocycles. The highest BCUT2D eigenvalue weighted by molar-refractivity contribution is 7.92. The highest BCUT2D eigenvalue weighted by atomic mass is 35.5. The molecule has 0 aliphatic rings. The third-order valence-corrected chi connectivity index (χ3v) is 8.36. The first-order valence-corrected chi connectivity index (χ1v) is 16.3. The number of methoxy groups -OCH3 is 1. The van der Waals surface area contributed by atoms with Gasteiger partial charge in [0.25, 0.3) is 0 Å². The highest BCUT2D eigenvalue weighted by Gasteiger charge is 2.30. The maximum atomic E-state index is 13.9. The van der Waals surface area contributed by atoms with Crippen LogP contribution in [0.2, 0.25) is 5.02 Å². The summed E-state index contributed by atoms with van der Waals surface area (Å²) in [6.45, 7) is 2.90. The molecule has 0 aromatic heterocycles. The van der Waals surface area contributed by atoms with Gasteiger partial charge in [-0.3, -0.25) is 13.9 Å². The van der Waals surface area contributed by atoms with Crippen molar-refractivity contribution in [1.82, 2.24) is 10.2 Å². The Labute approximate surface area is 254 Å². The van der Waals surface area contributed by atoms with E-state index >= 15 is 0 Å². The lowest BCUT2D eigenvalue weighted by atomic mass is 10.0. The van der Waals surface area contributed by atoms with Crippen molar-refractivity contribution < 1.29 is 22.7 Å². The van der Waals surface area contributed by atoms with E-state index in [9.17, 15) is 18.0 Å². The van der Waals surface area contributed by atoms with Gasteiger partial charge in [0.1, 0.15) is 11.8 Å². The Bertz CT molecular complexity index is 1400. The third-order valence-electron chi connectivity index (χ3n) is 6.87. The molecule has 0 saturated carbocycles. The Hall–Kier alpha value is -3.56. The Morgan fingerprint density at radius 1 is 0.952 bits per heavy atom. The molecule has 3 rings (SSSR count). The molecule has 0 spiro atoms. The quantitative estimate of drug-likeness (QED) is 0.217. The smallest absolute Gasteiger partial charge is 0.243 e. The molecule has 1 atom stereocenters. The molecule has 0 aliphatic heterocycles. The second kappa shape index (κ2) is 16.2. The predicted molar refractivity (Wildman–Crippen MR) is 168 cm³/mol. The number of amides is 2. The summed E-state index contributed by atoms with van der Waals surface area (Å²) >= 11 is 6.26. The summed E-state index contributed by atoms with van der Waals surface area (Å²) in [6.07, 6.45) is 3.55. The molecular formula is C32H40ClN3O5S. The van der Waals surface area contributed by atoms with E-state index in [2.05, 4.69) is 12.2 Å². The molecule has 3 aromatic rings. The molecule has 0 fully saturated rings. The minimum Gasteiger partial charge on any atom is -0.495 e. The second-order valence-electron chi connectivity index (χ2n) is 10.1. The number of carbonyl (C=O) groups excluding carboxylic acids is 2. The lowest BCUT2D eigenvalue weighted by Crippen LogP contribution is -2.50. The molecule has 0 unspecified atom stereocenters. The van der Waals surface area contributed by atoms with Gasteiger partial charge in [-0.05, 0) is 42.2 Å². The van der Waals surface area contributed by atoms with Gasteiger partial charge in [0.15, 0.2) is 0 Å². The summed E-state index contributed by atoms with van der Waals surface area (Å²) in [5.74, 6) is -0.00358. The van der Waals surface area contributed by atoms with Crippen molar-refractivity contribution in [3.8, 4) is 5.75 Å². The molecule has 0 aliphatic carbocycles. The van der Waals surface area contributed by atoms with Gasteiger partial charge >= 0.3 is 0 Å². The number of rotatable bonds is 16. The Kier molecular flexibility index (Phi) is 12.7. The molecule has 2 amide bonds. The van der Waals surface area contributed by atoms with Crippen LogP contribution in [-0.2, 0) is 32.6 Å².